The Hall–Kier alpha value is -1.23. The SMILES string of the molecule is O=C(NCc1cc(Br)cc2c1OCC2)NC1CCCCC1. The summed E-state index contributed by atoms with van der Waals surface area (Å²) in [7, 11) is 0. The first kappa shape index (κ1) is 14.7. The summed E-state index contributed by atoms with van der Waals surface area (Å²) in [6.45, 7) is 1.23. The van der Waals surface area contributed by atoms with Crippen molar-refractivity contribution in [1.29, 1.82) is 0 Å². The molecule has 1 aliphatic carbocycles. The smallest absolute Gasteiger partial charge is 0.315 e. The van der Waals surface area contributed by atoms with Crippen LogP contribution in [0.25, 0.3) is 0 Å². The zero-order valence-corrected chi connectivity index (χ0v) is 13.7. The van der Waals surface area contributed by atoms with Crippen LogP contribution >= 0.6 is 15.9 Å². The molecule has 0 bridgehead atoms. The van der Waals surface area contributed by atoms with E-state index in [1.807, 2.05) is 6.07 Å². The van der Waals surface area contributed by atoms with E-state index in [1.54, 1.807) is 0 Å². The molecule has 1 aromatic rings. The van der Waals surface area contributed by atoms with E-state index in [2.05, 4.69) is 32.6 Å². The van der Waals surface area contributed by atoms with Crippen molar-refractivity contribution in [3.63, 3.8) is 0 Å². The van der Waals surface area contributed by atoms with Crippen LogP contribution in [0, 0.1) is 0 Å². The van der Waals surface area contributed by atoms with E-state index in [-0.39, 0.29) is 6.03 Å². The molecule has 5 heteroatoms. The zero-order valence-electron chi connectivity index (χ0n) is 12.1. The largest absolute Gasteiger partial charge is 0.493 e. The summed E-state index contributed by atoms with van der Waals surface area (Å²) in [5.74, 6) is 0.941. The van der Waals surface area contributed by atoms with Crippen molar-refractivity contribution < 1.29 is 9.53 Å². The van der Waals surface area contributed by atoms with Crippen molar-refractivity contribution in [2.24, 2.45) is 0 Å². The highest BCUT2D eigenvalue weighted by atomic mass is 79.9. The molecule has 2 aliphatic rings. The highest BCUT2D eigenvalue weighted by Gasteiger charge is 2.19. The summed E-state index contributed by atoms with van der Waals surface area (Å²) in [4.78, 5) is 12.0. The van der Waals surface area contributed by atoms with Gasteiger partial charge < -0.3 is 15.4 Å². The number of carbonyl (C=O) groups excluding carboxylic acids is 1. The number of carbonyl (C=O) groups is 1. The fraction of sp³-hybridized carbons (Fsp3) is 0.562. The normalized spacial score (nSPS) is 18.0. The number of hydrogen-bond donors (Lipinski definition) is 2. The summed E-state index contributed by atoms with van der Waals surface area (Å²) in [6, 6.07) is 4.37. The fourth-order valence-corrected chi connectivity index (χ4v) is 3.69. The van der Waals surface area contributed by atoms with Gasteiger partial charge in [0, 0.05) is 29.0 Å². The predicted octanol–water partition coefficient (Wildman–Crippen LogP) is 3.52. The van der Waals surface area contributed by atoms with Gasteiger partial charge in [-0.15, -0.1) is 0 Å². The summed E-state index contributed by atoms with van der Waals surface area (Å²) in [5.41, 5.74) is 2.25. The molecule has 4 nitrogen and oxygen atoms in total. The highest BCUT2D eigenvalue weighted by Crippen LogP contribution is 2.32. The van der Waals surface area contributed by atoms with Crippen molar-refractivity contribution >= 4 is 22.0 Å². The van der Waals surface area contributed by atoms with Gasteiger partial charge in [-0.2, -0.15) is 0 Å². The maximum atomic E-state index is 12.0. The van der Waals surface area contributed by atoms with E-state index in [0.717, 1.165) is 41.7 Å². The minimum atomic E-state index is -0.0753. The molecule has 0 spiro atoms. The lowest BCUT2D eigenvalue weighted by Gasteiger charge is -2.23. The molecule has 0 saturated heterocycles. The maximum absolute atomic E-state index is 12.0. The molecular formula is C16H21BrN2O2. The van der Waals surface area contributed by atoms with E-state index in [9.17, 15) is 4.79 Å². The van der Waals surface area contributed by atoms with Crippen LogP contribution in [0.3, 0.4) is 0 Å². The summed E-state index contributed by atoms with van der Waals surface area (Å²) < 4.78 is 6.71. The van der Waals surface area contributed by atoms with Gasteiger partial charge in [0.15, 0.2) is 0 Å². The Labute approximate surface area is 133 Å². The second-order valence-corrected chi connectivity index (χ2v) is 6.73. The van der Waals surface area contributed by atoms with Crippen LogP contribution in [0.15, 0.2) is 16.6 Å². The minimum Gasteiger partial charge on any atom is -0.493 e. The van der Waals surface area contributed by atoms with Crippen molar-refractivity contribution in [3.8, 4) is 5.75 Å². The Morgan fingerprint density at radius 3 is 2.90 bits per heavy atom. The van der Waals surface area contributed by atoms with Gasteiger partial charge in [-0.1, -0.05) is 35.2 Å². The van der Waals surface area contributed by atoms with E-state index >= 15 is 0 Å². The van der Waals surface area contributed by atoms with Crippen LogP contribution in [-0.2, 0) is 13.0 Å². The lowest BCUT2D eigenvalue weighted by molar-refractivity contribution is 0.232. The Balaban J connectivity index is 1.56. The molecule has 1 fully saturated rings. The topological polar surface area (TPSA) is 50.4 Å². The fourth-order valence-electron chi connectivity index (χ4n) is 3.14. The summed E-state index contributed by atoms with van der Waals surface area (Å²) >= 11 is 3.52. The molecule has 1 heterocycles. The van der Waals surface area contributed by atoms with Crippen LogP contribution in [-0.4, -0.2) is 18.7 Å². The van der Waals surface area contributed by atoms with Crippen LogP contribution in [0.5, 0.6) is 5.75 Å². The van der Waals surface area contributed by atoms with E-state index in [1.165, 1.54) is 24.8 Å². The quantitative estimate of drug-likeness (QED) is 0.874. The standard InChI is InChI=1S/C16H21BrN2O2/c17-13-8-11-6-7-21-15(11)12(9-13)10-18-16(20)19-14-4-2-1-3-5-14/h8-9,14H,1-7,10H2,(H2,18,19,20). The highest BCUT2D eigenvalue weighted by molar-refractivity contribution is 9.10. The number of hydrogen-bond acceptors (Lipinski definition) is 2. The molecule has 2 N–H and O–H groups in total. The Kier molecular flexibility index (Phi) is 4.68. The molecule has 21 heavy (non-hydrogen) atoms. The summed E-state index contributed by atoms with van der Waals surface area (Å²) in [5, 5.41) is 6.02. The van der Waals surface area contributed by atoms with Crippen LogP contribution in [0.4, 0.5) is 4.79 Å². The Bertz CT molecular complexity index is 527. The summed E-state index contributed by atoms with van der Waals surface area (Å²) in [6.07, 6.45) is 6.87. The molecule has 0 radical (unpaired) electrons. The number of urea groups is 1. The minimum absolute atomic E-state index is 0.0753. The number of amides is 2. The third-order valence-electron chi connectivity index (χ3n) is 4.21. The van der Waals surface area contributed by atoms with Crippen molar-refractivity contribution in [3.05, 3.63) is 27.7 Å². The maximum Gasteiger partial charge on any atom is 0.315 e. The molecule has 0 aromatic heterocycles. The van der Waals surface area contributed by atoms with Crippen LogP contribution in [0.1, 0.15) is 43.2 Å². The van der Waals surface area contributed by atoms with Crippen LogP contribution in [0.2, 0.25) is 0 Å². The lowest BCUT2D eigenvalue weighted by Crippen LogP contribution is -2.42. The first-order valence-electron chi connectivity index (χ1n) is 7.71. The first-order valence-corrected chi connectivity index (χ1v) is 8.50. The van der Waals surface area contributed by atoms with Gasteiger partial charge >= 0.3 is 6.03 Å². The van der Waals surface area contributed by atoms with Gasteiger partial charge in [0.05, 0.1) is 6.61 Å². The molecule has 2 amide bonds. The van der Waals surface area contributed by atoms with Gasteiger partial charge in [0.1, 0.15) is 5.75 Å². The molecule has 1 aliphatic heterocycles. The Morgan fingerprint density at radius 1 is 1.29 bits per heavy atom. The number of nitrogens with one attached hydrogen (secondary N) is 2. The number of benzene rings is 1. The number of rotatable bonds is 3. The number of halogens is 1. The molecule has 0 atom stereocenters. The van der Waals surface area contributed by atoms with E-state index in [4.69, 9.17) is 4.74 Å². The van der Waals surface area contributed by atoms with Gasteiger partial charge in [-0.25, -0.2) is 4.79 Å². The Morgan fingerprint density at radius 2 is 2.10 bits per heavy atom. The second kappa shape index (κ2) is 6.69. The molecular weight excluding hydrogens is 332 g/mol. The molecule has 1 saturated carbocycles. The van der Waals surface area contributed by atoms with E-state index < -0.39 is 0 Å². The number of ether oxygens (including phenoxy) is 1. The molecule has 0 unspecified atom stereocenters. The predicted molar refractivity (Wildman–Crippen MR) is 85.6 cm³/mol. The van der Waals surface area contributed by atoms with Gasteiger partial charge in [0.25, 0.3) is 0 Å². The zero-order chi connectivity index (χ0) is 14.7. The van der Waals surface area contributed by atoms with Crippen molar-refractivity contribution in [1.82, 2.24) is 10.6 Å². The average molecular weight is 353 g/mol. The van der Waals surface area contributed by atoms with Gasteiger partial charge in [0.2, 0.25) is 0 Å². The number of fused-ring (bicyclic) bond motifs is 1. The molecule has 114 valence electrons. The second-order valence-electron chi connectivity index (χ2n) is 5.81. The molecule has 3 rings (SSSR count). The van der Waals surface area contributed by atoms with Crippen molar-refractivity contribution in [2.45, 2.75) is 51.1 Å². The molecule has 1 aromatic carbocycles. The monoisotopic (exact) mass is 352 g/mol. The third-order valence-corrected chi connectivity index (χ3v) is 4.66. The van der Waals surface area contributed by atoms with Gasteiger partial charge in [-0.05, 0) is 30.5 Å². The average Bonchev–Trinajstić information content (AvgIpc) is 2.94. The van der Waals surface area contributed by atoms with Crippen LogP contribution < -0.4 is 15.4 Å². The van der Waals surface area contributed by atoms with E-state index in [0.29, 0.717) is 12.6 Å². The third kappa shape index (κ3) is 3.70. The lowest BCUT2D eigenvalue weighted by atomic mass is 9.96. The first-order chi connectivity index (χ1) is 10.2. The van der Waals surface area contributed by atoms with Gasteiger partial charge in [-0.3, -0.25) is 0 Å². The van der Waals surface area contributed by atoms with Crippen molar-refractivity contribution in [2.75, 3.05) is 6.61 Å².